The molecule has 2 aromatic carbocycles. The van der Waals surface area contributed by atoms with Gasteiger partial charge < -0.3 is 15.0 Å². The zero-order valence-electron chi connectivity index (χ0n) is 17.1. The molecule has 0 aromatic heterocycles. The standard InChI is InChI=1S/C23H24FN5O2/c24-19-16-18(29-12-14-31-15-13-29)6-7-20(19)27-11-9-22(30)23(26)21(8-10-25)28-17-4-2-1-3-5-17/h1-7,10-11,16,25-26H,8-9,12-15H2. The van der Waals surface area contributed by atoms with Gasteiger partial charge in [0.1, 0.15) is 5.71 Å². The minimum absolute atomic E-state index is 0.0776. The van der Waals surface area contributed by atoms with Crippen LogP contribution in [0.25, 0.3) is 0 Å². The van der Waals surface area contributed by atoms with Crippen molar-refractivity contribution in [2.45, 2.75) is 12.8 Å². The molecular weight excluding hydrogens is 397 g/mol. The third-order valence-corrected chi connectivity index (χ3v) is 4.70. The lowest BCUT2D eigenvalue weighted by Gasteiger charge is -2.28. The van der Waals surface area contributed by atoms with E-state index in [-0.39, 0.29) is 30.0 Å². The highest BCUT2D eigenvalue weighted by atomic mass is 19.1. The summed E-state index contributed by atoms with van der Waals surface area (Å²) in [6.45, 7) is 2.65. The summed E-state index contributed by atoms with van der Waals surface area (Å²) in [5, 5.41) is 15.4. The molecule has 2 N–H and O–H groups in total. The number of carbonyl (C=O) groups excluding carboxylic acids is 1. The number of anilines is 1. The normalized spacial score (nSPS) is 14.6. The summed E-state index contributed by atoms with van der Waals surface area (Å²) in [5.74, 6) is -0.969. The molecule has 3 rings (SSSR count). The molecule has 2 aromatic rings. The van der Waals surface area contributed by atoms with E-state index in [9.17, 15) is 9.18 Å². The molecular formula is C23H24FN5O2. The maximum absolute atomic E-state index is 14.4. The van der Waals surface area contributed by atoms with Crippen molar-refractivity contribution in [2.75, 3.05) is 31.2 Å². The van der Waals surface area contributed by atoms with Gasteiger partial charge in [0, 0.05) is 44.0 Å². The Bertz CT molecular complexity index is 998. The zero-order chi connectivity index (χ0) is 22.1. The number of hydrogen-bond acceptors (Lipinski definition) is 7. The van der Waals surface area contributed by atoms with E-state index in [1.165, 1.54) is 12.3 Å². The predicted octanol–water partition coefficient (Wildman–Crippen LogP) is 4.16. The smallest absolute Gasteiger partial charge is 0.187 e. The molecule has 0 radical (unpaired) electrons. The molecule has 160 valence electrons. The van der Waals surface area contributed by atoms with Crippen molar-refractivity contribution in [3.05, 3.63) is 54.3 Å². The average molecular weight is 421 g/mol. The minimum Gasteiger partial charge on any atom is -0.378 e. The van der Waals surface area contributed by atoms with Crippen molar-refractivity contribution in [1.29, 1.82) is 10.8 Å². The van der Waals surface area contributed by atoms with Crippen molar-refractivity contribution in [1.82, 2.24) is 0 Å². The second kappa shape index (κ2) is 11.0. The molecule has 0 saturated carbocycles. The van der Waals surface area contributed by atoms with E-state index >= 15 is 0 Å². The number of aliphatic imine (C=N–C) groups is 2. The van der Waals surface area contributed by atoms with Crippen LogP contribution in [-0.4, -0.2) is 55.9 Å². The van der Waals surface area contributed by atoms with Crippen LogP contribution in [0.4, 0.5) is 21.5 Å². The van der Waals surface area contributed by atoms with Gasteiger partial charge in [0.2, 0.25) is 0 Å². The summed E-state index contributed by atoms with van der Waals surface area (Å²) in [7, 11) is 0. The number of ether oxygens (including phenoxy) is 1. The third kappa shape index (κ3) is 6.23. The number of Topliss-reactive ketones (excluding diaryl/α,β-unsaturated/α-hetero) is 1. The van der Waals surface area contributed by atoms with Crippen molar-refractivity contribution >= 4 is 46.7 Å². The molecule has 31 heavy (non-hydrogen) atoms. The van der Waals surface area contributed by atoms with E-state index in [0.29, 0.717) is 32.0 Å². The van der Waals surface area contributed by atoms with E-state index in [1.807, 2.05) is 11.0 Å². The molecule has 0 atom stereocenters. The molecule has 1 fully saturated rings. The highest BCUT2D eigenvalue weighted by Crippen LogP contribution is 2.24. The van der Waals surface area contributed by atoms with Gasteiger partial charge in [-0.15, -0.1) is 0 Å². The van der Waals surface area contributed by atoms with Gasteiger partial charge in [-0.3, -0.25) is 20.2 Å². The van der Waals surface area contributed by atoms with Crippen molar-refractivity contribution in [3.8, 4) is 0 Å². The van der Waals surface area contributed by atoms with Crippen LogP contribution in [0.1, 0.15) is 12.8 Å². The first-order valence-corrected chi connectivity index (χ1v) is 9.97. The van der Waals surface area contributed by atoms with Gasteiger partial charge in [-0.05, 0) is 30.3 Å². The maximum Gasteiger partial charge on any atom is 0.187 e. The summed E-state index contributed by atoms with van der Waals surface area (Å²) in [6.07, 6.45) is 2.32. The number of halogens is 1. The van der Waals surface area contributed by atoms with Gasteiger partial charge in [0.15, 0.2) is 11.6 Å². The number of rotatable bonds is 9. The Kier molecular flexibility index (Phi) is 7.89. The first-order valence-electron chi connectivity index (χ1n) is 9.97. The number of nitrogens with zero attached hydrogens (tertiary/aromatic N) is 3. The van der Waals surface area contributed by atoms with E-state index in [0.717, 1.165) is 11.9 Å². The Balaban J connectivity index is 1.64. The Hall–Kier alpha value is -3.52. The number of benzene rings is 2. The SMILES string of the molecule is N=CCC(=Nc1ccccc1)C(=N)C(=O)CC=Nc1ccc(N2CCOCC2)cc1F. The fraction of sp³-hybridized carbons (Fsp3) is 0.261. The van der Waals surface area contributed by atoms with E-state index in [4.69, 9.17) is 15.6 Å². The minimum atomic E-state index is -0.495. The molecule has 7 nitrogen and oxygen atoms in total. The van der Waals surface area contributed by atoms with Crippen LogP contribution in [0.5, 0.6) is 0 Å². The molecule has 0 aliphatic carbocycles. The molecule has 8 heteroatoms. The summed E-state index contributed by atoms with van der Waals surface area (Å²) >= 11 is 0. The van der Waals surface area contributed by atoms with Crippen LogP contribution in [0, 0.1) is 16.6 Å². The average Bonchev–Trinajstić information content (AvgIpc) is 2.80. The summed E-state index contributed by atoms with van der Waals surface area (Å²) in [5.41, 5.74) is 1.44. The second-order valence-electron chi connectivity index (χ2n) is 6.85. The molecule has 1 aliphatic rings. The first-order chi connectivity index (χ1) is 15.1. The number of morpholine rings is 1. The first kappa shape index (κ1) is 22.2. The molecule has 1 saturated heterocycles. The number of carbonyl (C=O) groups is 1. The van der Waals surface area contributed by atoms with Crippen LogP contribution in [0.3, 0.4) is 0 Å². The van der Waals surface area contributed by atoms with Gasteiger partial charge in [0.05, 0.1) is 30.3 Å². The fourth-order valence-corrected chi connectivity index (χ4v) is 3.07. The van der Waals surface area contributed by atoms with E-state index in [2.05, 4.69) is 9.98 Å². The Morgan fingerprint density at radius 1 is 1.13 bits per heavy atom. The fourth-order valence-electron chi connectivity index (χ4n) is 3.07. The zero-order valence-corrected chi connectivity index (χ0v) is 17.1. The molecule has 1 aliphatic heterocycles. The second-order valence-corrected chi connectivity index (χ2v) is 6.85. The Morgan fingerprint density at radius 3 is 2.55 bits per heavy atom. The van der Waals surface area contributed by atoms with Gasteiger partial charge in [-0.2, -0.15) is 0 Å². The van der Waals surface area contributed by atoms with E-state index in [1.54, 1.807) is 36.4 Å². The number of para-hydroxylation sites is 1. The van der Waals surface area contributed by atoms with Crippen LogP contribution < -0.4 is 4.90 Å². The monoisotopic (exact) mass is 421 g/mol. The van der Waals surface area contributed by atoms with Gasteiger partial charge in [0.25, 0.3) is 0 Å². The van der Waals surface area contributed by atoms with Crippen molar-refractivity contribution in [2.24, 2.45) is 9.98 Å². The summed E-state index contributed by atoms with van der Waals surface area (Å²) < 4.78 is 19.7. The molecule has 0 bridgehead atoms. The van der Waals surface area contributed by atoms with Crippen LogP contribution in [0.15, 0.2) is 58.5 Å². The largest absolute Gasteiger partial charge is 0.378 e. The van der Waals surface area contributed by atoms with Gasteiger partial charge >= 0.3 is 0 Å². The van der Waals surface area contributed by atoms with Gasteiger partial charge in [-0.1, -0.05) is 18.2 Å². The van der Waals surface area contributed by atoms with Crippen molar-refractivity contribution < 1.29 is 13.9 Å². The molecule has 0 unspecified atom stereocenters. The summed E-state index contributed by atoms with van der Waals surface area (Å²) in [6, 6.07) is 13.8. The predicted molar refractivity (Wildman–Crippen MR) is 122 cm³/mol. The molecule has 0 amide bonds. The lowest BCUT2D eigenvalue weighted by atomic mass is 10.1. The topological polar surface area (TPSA) is 102 Å². The van der Waals surface area contributed by atoms with E-state index < -0.39 is 11.6 Å². The lowest BCUT2D eigenvalue weighted by molar-refractivity contribution is -0.111. The maximum atomic E-state index is 14.4. The highest BCUT2D eigenvalue weighted by Gasteiger charge is 2.16. The Morgan fingerprint density at radius 2 is 1.87 bits per heavy atom. The number of hydrogen-bond donors (Lipinski definition) is 2. The highest BCUT2D eigenvalue weighted by molar-refractivity contribution is 6.68. The Labute approximate surface area is 180 Å². The number of ketones is 1. The van der Waals surface area contributed by atoms with Crippen LogP contribution >= 0.6 is 0 Å². The number of nitrogens with one attached hydrogen (secondary N) is 2. The molecule has 1 heterocycles. The molecule has 0 spiro atoms. The quantitative estimate of drug-likeness (QED) is 0.595. The van der Waals surface area contributed by atoms with Crippen molar-refractivity contribution in [3.63, 3.8) is 0 Å². The summed E-state index contributed by atoms with van der Waals surface area (Å²) in [4.78, 5) is 22.8. The lowest BCUT2D eigenvalue weighted by Crippen LogP contribution is -2.36. The third-order valence-electron chi connectivity index (χ3n) is 4.70. The van der Waals surface area contributed by atoms with Gasteiger partial charge in [-0.25, -0.2) is 4.39 Å². The van der Waals surface area contributed by atoms with Crippen LogP contribution in [-0.2, 0) is 9.53 Å². The van der Waals surface area contributed by atoms with Crippen LogP contribution in [0.2, 0.25) is 0 Å².